The van der Waals surface area contributed by atoms with Crippen LogP contribution in [0.1, 0.15) is 48.9 Å². The van der Waals surface area contributed by atoms with Gasteiger partial charge in [0.15, 0.2) is 0 Å². The van der Waals surface area contributed by atoms with Crippen molar-refractivity contribution in [3.05, 3.63) is 35.6 Å². The lowest BCUT2D eigenvalue weighted by molar-refractivity contribution is -0.146. The molecule has 0 saturated heterocycles. The summed E-state index contributed by atoms with van der Waals surface area (Å²) in [5.41, 5.74) is 5.22. The summed E-state index contributed by atoms with van der Waals surface area (Å²) in [5, 5.41) is 3.13. The normalized spacial score (nSPS) is 37.6. The third-order valence-electron chi connectivity index (χ3n) is 6.05. The van der Waals surface area contributed by atoms with Gasteiger partial charge in [0.05, 0.1) is 5.41 Å². The number of carbonyl (C=O) groups is 2. The lowest BCUT2D eigenvalue weighted by atomic mass is 9.46. The average Bonchev–Trinajstić information content (AvgIpc) is 2.45. The van der Waals surface area contributed by atoms with Crippen LogP contribution < -0.4 is 11.1 Å². The van der Waals surface area contributed by atoms with E-state index in [-0.39, 0.29) is 17.4 Å². The Labute approximate surface area is 134 Å². The molecule has 3 N–H and O–H groups in total. The summed E-state index contributed by atoms with van der Waals surface area (Å²) in [6.45, 7) is 0. The molecular weight excluding hydrogens is 295 g/mol. The maximum atomic E-state index is 13.4. The summed E-state index contributed by atoms with van der Waals surface area (Å²) in [5.74, 6) is 0.00642. The van der Waals surface area contributed by atoms with Crippen LogP contribution in [-0.2, 0) is 4.79 Å². The molecule has 4 aliphatic rings. The van der Waals surface area contributed by atoms with Crippen LogP contribution in [0.2, 0.25) is 0 Å². The Morgan fingerprint density at radius 2 is 1.87 bits per heavy atom. The first-order valence-electron chi connectivity index (χ1n) is 8.28. The predicted molar refractivity (Wildman–Crippen MR) is 82.9 cm³/mol. The van der Waals surface area contributed by atoms with E-state index >= 15 is 0 Å². The van der Waals surface area contributed by atoms with Gasteiger partial charge in [0, 0.05) is 11.1 Å². The van der Waals surface area contributed by atoms with E-state index in [9.17, 15) is 14.0 Å². The van der Waals surface area contributed by atoms with E-state index in [0.717, 1.165) is 32.1 Å². The van der Waals surface area contributed by atoms with Gasteiger partial charge in [-0.25, -0.2) is 4.39 Å². The third-order valence-corrected chi connectivity index (χ3v) is 6.05. The molecule has 4 bridgehead atoms. The minimum atomic E-state index is -0.459. The molecule has 0 spiro atoms. The first-order chi connectivity index (χ1) is 10.9. The van der Waals surface area contributed by atoms with Gasteiger partial charge < -0.3 is 11.1 Å². The molecule has 0 aromatic heterocycles. The van der Waals surface area contributed by atoms with E-state index in [1.807, 2.05) is 0 Å². The van der Waals surface area contributed by atoms with Crippen LogP contribution >= 0.6 is 0 Å². The number of amides is 2. The quantitative estimate of drug-likeness (QED) is 0.898. The van der Waals surface area contributed by atoms with Crippen molar-refractivity contribution in [1.29, 1.82) is 0 Å². The van der Waals surface area contributed by atoms with Gasteiger partial charge in [-0.1, -0.05) is 6.07 Å². The Bertz CT molecular complexity index is 673. The van der Waals surface area contributed by atoms with Crippen molar-refractivity contribution >= 4 is 11.8 Å². The summed E-state index contributed by atoms with van der Waals surface area (Å²) >= 11 is 0. The standard InChI is InChI=1S/C18H21FN2O2/c19-14-3-1-2-13(5-14)15(22)21-18-8-11-4-12(9-18)7-17(6-11,10-18)16(20)23/h1-3,5,11-12H,4,6-10H2,(H2,20,23)(H,21,22). The highest BCUT2D eigenvalue weighted by atomic mass is 19.1. The number of hydrogen-bond donors (Lipinski definition) is 2. The van der Waals surface area contributed by atoms with Gasteiger partial charge in [0.1, 0.15) is 5.82 Å². The minimum Gasteiger partial charge on any atom is -0.369 e. The lowest BCUT2D eigenvalue weighted by Crippen LogP contribution is -2.65. The molecule has 2 unspecified atom stereocenters. The summed E-state index contributed by atoms with van der Waals surface area (Å²) in [7, 11) is 0. The van der Waals surface area contributed by atoms with Gasteiger partial charge in [-0.15, -0.1) is 0 Å². The third kappa shape index (κ3) is 2.33. The average molecular weight is 316 g/mol. The van der Waals surface area contributed by atoms with Crippen molar-refractivity contribution in [3.8, 4) is 0 Å². The Kier molecular flexibility index (Phi) is 3.06. The van der Waals surface area contributed by atoms with Gasteiger partial charge in [-0.05, 0) is 68.6 Å². The highest BCUT2D eigenvalue weighted by Crippen LogP contribution is 2.61. The fourth-order valence-electron chi connectivity index (χ4n) is 5.64. The summed E-state index contributed by atoms with van der Waals surface area (Å²) in [6.07, 6.45) is 5.28. The number of halogens is 1. The monoisotopic (exact) mass is 316 g/mol. The molecule has 4 nitrogen and oxygen atoms in total. The van der Waals surface area contributed by atoms with Crippen LogP contribution in [0.25, 0.3) is 0 Å². The van der Waals surface area contributed by atoms with E-state index in [2.05, 4.69) is 5.32 Å². The molecule has 0 aliphatic heterocycles. The Hall–Kier alpha value is -1.91. The predicted octanol–water partition coefficient (Wildman–Crippen LogP) is 2.38. The van der Waals surface area contributed by atoms with E-state index in [4.69, 9.17) is 5.73 Å². The van der Waals surface area contributed by atoms with Gasteiger partial charge in [-0.2, -0.15) is 0 Å². The van der Waals surface area contributed by atoms with Gasteiger partial charge in [-0.3, -0.25) is 9.59 Å². The van der Waals surface area contributed by atoms with Crippen LogP contribution in [0.15, 0.2) is 24.3 Å². The first-order valence-corrected chi connectivity index (χ1v) is 8.28. The molecule has 5 heteroatoms. The number of nitrogens with one attached hydrogen (secondary N) is 1. The fourth-order valence-corrected chi connectivity index (χ4v) is 5.64. The molecule has 0 heterocycles. The van der Waals surface area contributed by atoms with Gasteiger partial charge in [0.2, 0.25) is 5.91 Å². The summed E-state index contributed by atoms with van der Waals surface area (Å²) < 4.78 is 13.4. The molecule has 1 aromatic carbocycles. The number of rotatable bonds is 3. The Morgan fingerprint density at radius 3 is 2.48 bits per heavy atom. The zero-order valence-corrected chi connectivity index (χ0v) is 13.0. The first kappa shape index (κ1) is 14.7. The maximum absolute atomic E-state index is 13.4. The van der Waals surface area contributed by atoms with E-state index < -0.39 is 11.2 Å². The van der Waals surface area contributed by atoms with E-state index in [1.54, 1.807) is 6.07 Å². The second-order valence-corrected chi connectivity index (χ2v) is 7.85. The largest absolute Gasteiger partial charge is 0.369 e. The van der Waals surface area contributed by atoms with Crippen molar-refractivity contribution in [2.45, 2.75) is 44.1 Å². The highest BCUT2D eigenvalue weighted by Gasteiger charge is 2.60. The van der Waals surface area contributed by atoms with Crippen molar-refractivity contribution < 1.29 is 14.0 Å². The SMILES string of the molecule is NC(=O)C12CC3CC(CC(NC(=O)c4cccc(F)c4)(C3)C1)C2. The Morgan fingerprint density at radius 1 is 1.17 bits per heavy atom. The molecule has 5 rings (SSSR count). The van der Waals surface area contributed by atoms with Gasteiger partial charge in [0.25, 0.3) is 5.91 Å². The smallest absolute Gasteiger partial charge is 0.251 e. The maximum Gasteiger partial charge on any atom is 0.251 e. The number of hydrogen-bond acceptors (Lipinski definition) is 2. The van der Waals surface area contributed by atoms with Crippen molar-refractivity contribution in [2.75, 3.05) is 0 Å². The van der Waals surface area contributed by atoms with Crippen molar-refractivity contribution in [2.24, 2.45) is 23.0 Å². The number of carbonyl (C=O) groups excluding carboxylic acids is 2. The minimum absolute atomic E-state index is 0.226. The van der Waals surface area contributed by atoms with Crippen LogP contribution in [0, 0.1) is 23.1 Å². The molecule has 4 saturated carbocycles. The van der Waals surface area contributed by atoms with Crippen LogP contribution in [0.4, 0.5) is 4.39 Å². The molecule has 0 radical (unpaired) electrons. The second-order valence-electron chi connectivity index (χ2n) is 7.85. The molecule has 23 heavy (non-hydrogen) atoms. The van der Waals surface area contributed by atoms with Crippen LogP contribution in [0.3, 0.4) is 0 Å². The number of primary amides is 1. The van der Waals surface area contributed by atoms with Crippen molar-refractivity contribution in [3.63, 3.8) is 0 Å². The molecule has 2 atom stereocenters. The Balaban J connectivity index is 1.61. The van der Waals surface area contributed by atoms with Crippen molar-refractivity contribution in [1.82, 2.24) is 5.32 Å². The molecular formula is C18H21FN2O2. The lowest BCUT2D eigenvalue weighted by Gasteiger charge is -2.61. The molecule has 2 amide bonds. The summed E-state index contributed by atoms with van der Waals surface area (Å²) in [4.78, 5) is 24.6. The molecule has 4 aliphatic carbocycles. The summed E-state index contributed by atoms with van der Waals surface area (Å²) in [6, 6.07) is 5.72. The van der Waals surface area contributed by atoms with Crippen LogP contribution in [-0.4, -0.2) is 17.4 Å². The fraction of sp³-hybridized carbons (Fsp3) is 0.556. The topological polar surface area (TPSA) is 72.2 Å². The van der Waals surface area contributed by atoms with Gasteiger partial charge >= 0.3 is 0 Å². The van der Waals surface area contributed by atoms with E-state index in [1.165, 1.54) is 18.2 Å². The molecule has 1 aromatic rings. The number of benzene rings is 1. The molecule has 122 valence electrons. The zero-order valence-electron chi connectivity index (χ0n) is 13.0. The highest BCUT2D eigenvalue weighted by molar-refractivity contribution is 5.95. The zero-order chi connectivity index (χ0) is 16.2. The number of nitrogens with two attached hydrogens (primary N) is 1. The second kappa shape index (κ2) is 4.79. The van der Waals surface area contributed by atoms with E-state index in [0.29, 0.717) is 23.8 Å². The molecule has 4 fully saturated rings. The van der Waals surface area contributed by atoms with Crippen LogP contribution in [0.5, 0.6) is 0 Å².